The van der Waals surface area contributed by atoms with Gasteiger partial charge in [-0.2, -0.15) is 13.2 Å². The average Bonchev–Trinajstić information content (AvgIpc) is 3.08. The van der Waals surface area contributed by atoms with Crippen LogP contribution in [-0.4, -0.2) is 20.4 Å². The second-order valence-corrected chi connectivity index (χ2v) is 6.89. The van der Waals surface area contributed by atoms with Gasteiger partial charge in [-0.25, -0.2) is 4.98 Å². The number of nitrogens with one attached hydrogen (secondary N) is 1. The summed E-state index contributed by atoms with van der Waals surface area (Å²) in [6.07, 6.45) is -1.32. The quantitative estimate of drug-likeness (QED) is 0.471. The number of hydrogen-bond donors (Lipinski definition) is 1. The summed E-state index contributed by atoms with van der Waals surface area (Å²) < 4.78 is 40.6. The van der Waals surface area contributed by atoms with Crippen LogP contribution in [0.5, 0.6) is 0 Å². The molecule has 4 rings (SSSR count). The van der Waals surface area contributed by atoms with Crippen molar-refractivity contribution in [2.24, 2.45) is 0 Å². The van der Waals surface area contributed by atoms with E-state index in [1.165, 1.54) is 0 Å². The molecule has 2 aromatic heterocycles. The third-order valence-electron chi connectivity index (χ3n) is 4.46. The SMILES string of the molecule is O=C(Cn1c(-c2ccncc2)nc2ccccc21)Nc1cc(C(F)(F)F)ccc1Cl. The highest BCUT2D eigenvalue weighted by atomic mass is 35.5. The minimum Gasteiger partial charge on any atom is -0.323 e. The lowest BCUT2D eigenvalue weighted by atomic mass is 10.2. The zero-order valence-electron chi connectivity index (χ0n) is 15.3. The molecule has 0 saturated carbocycles. The number of alkyl halides is 3. The van der Waals surface area contributed by atoms with E-state index in [9.17, 15) is 18.0 Å². The van der Waals surface area contributed by atoms with Crippen LogP contribution in [0.3, 0.4) is 0 Å². The average molecular weight is 431 g/mol. The molecule has 152 valence electrons. The summed E-state index contributed by atoms with van der Waals surface area (Å²) in [5.41, 5.74) is 1.16. The number of benzene rings is 2. The maximum atomic E-state index is 13.0. The molecular weight excluding hydrogens is 417 g/mol. The van der Waals surface area contributed by atoms with E-state index >= 15 is 0 Å². The number of hydrogen-bond acceptors (Lipinski definition) is 3. The van der Waals surface area contributed by atoms with Crippen LogP contribution < -0.4 is 5.32 Å². The van der Waals surface area contributed by atoms with Gasteiger partial charge in [0.15, 0.2) is 0 Å². The largest absolute Gasteiger partial charge is 0.416 e. The first-order chi connectivity index (χ1) is 14.3. The van der Waals surface area contributed by atoms with Gasteiger partial charge in [0, 0.05) is 18.0 Å². The lowest BCUT2D eigenvalue weighted by Gasteiger charge is -2.13. The van der Waals surface area contributed by atoms with E-state index in [4.69, 9.17) is 11.6 Å². The van der Waals surface area contributed by atoms with Crippen LogP contribution in [-0.2, 0) is 17.5 Å². The highest BCUT2D eigenvalue weighted by Gasteiger charge is 2.31. The van der Waals surface area contributed by atoms with Crippen molar-refractivity contribution >= 4 is 34.2 Å². The Balaban J connectivity index is 1.68. The van der Waals surface area contributed by atoms with Gasteiger partial charge in [0.25, 0.3) is 0 Å². The van der Waals surface area contributed by atoms with Crippen LogP contribution in [0, 0.1) is 0 Å². The second-order valence-electron chi connectivity index (χ2n) is 6.49. The Labute approximate surface area is 174 Å². The van der Waals surface area contributed by atoms with Crippen LogP contribution in [0.1, 0.15) is 5.56 Å². The number of rotatable bonds is 4. The number of carbonyl (C=O) groups excluding carboxylic acids is 1. The third-order valence-corrected chi connectivity index (χ3v) is 4.79. The predicted molar refractivity (Wildman–Crippen MR) is 108 cm³/mol. The van der Waals surface area contributed by atoms with Crippen LogP contribution >= 0.6 is 11.6 Å². The molecule has 9 heteroatoms. The molecule has 1 N–H and O–H groups in total. The summed E-state index contributed by atoms with van der Waals surface area (Å²) in [6, 6.07) is 13.6. The van der Waals surface area contributed by atoms with E-state index in [2.05, 4.69) is 15.3 Å². The van der Waals surface area contributed by atoms with E-state index in [-0.39, 0.29) is 17.3 Å². The lowest BCUT2D eigenvalue weighted by Crippen LogP contribution is -2.20. The van der Waals surface area contributed by atoms with E-state index in [1.807, 2.05) is 24.3 Å². The zero-order valence-corrected chi connectivity index (χ0v) is 16.1. The highest BCUT2D eigenvalue weighted by Crippen LogP contribution is 2.34. The summed E-state index contributed by atoms with van der Waals surface area (Å²) in [4.78, 5) is 21.3. The van der Waals surface area contributed by atoms with Crippen molar-refractivity contribution in [2.75, 3.05) is 5.32 Å². The van der Waals surface area contributed by atoms with Gasteiger partial charge in [0.2, 0.25) is 5.91 Å². The number of halogens is 4. The highest BCUT2D eigenvalue weighted by molar-refractivity contribution is 6.33. The molecule has 2 aromatic carbocycles. The Morgan fingerprint density at radius 1 is 1.07 bits per heavy atom. The molecule has 2 heterocycles. The molecule has 0 fully saturated rings. The Kier molecular flexibility index (Phi) is 5.17. The summed E-state index contributed by atoms with van der Waals surface area (Å²) >= 11 is 5.99. The van der Waals surface area contributed by atoms with E-state index < -0.39 is 17.6 Å². The Hall–Kier alpha value is -3.39. The number of pyridine rings is 1. The number of imidazole rings is 1. The van der Waals surface area contributed by atoms with Gasteiger partial charge in [0.05, 0.1) is 27.3 Å². The van der Waals surface area contributed by atoms with Gasteiger partial charge in [0.1, 0.15) is 12.4 Å². The second kappa shape index (κ2) is 7.79. The van der Waals surface area contributed by atoms with Crippen molar-refractivity contribution in [3.05, 3.63) is 77.6 Å². The number of anilines is 1. The van der Waals surface area contributed by atoms with Gasteiger partial charge in [-0.15, -0.1) is 0 Å². The first kappa shape index (κ1) is 19.9. The molecule has 4 aromatic rings. The molecule has 0 aliphatic carbocycles. The van der Waals surface area contributed by atoms with Crippen molar-refractivity contribution in [1.29, 1.82) is 0 Å². The standard InChI is InChI=1S/C21H14ClF3N4O/c22-15-6-5-14(21(23,24)25)11-17(15)27-19(30)12-29-18-4-2-1-3-16(18)28-20(29)13-7-9-26-10-8-13/h1-11H,12H2,(H,27,30). The minimum absolute atomic E-state index is 0.0150. The molecular formula is C21H14ClF3N4O. The third kappa shape index (κ3) is 3.99. The normalized spacial score (nSPS) is 11.6. The van der Waals surface area contributed by atoms with Crippen molar-refractivity contribution in [2.45, 2.75) is 12.7 Å². The fraction of sp³-hybridized carbons (Fsp3) is 0.0952. The van der Waals surface area contributed by atoms with Crippen LogP contribution in [0.2, 0.25) is 5.02 Å². The topological polar surface area (TPSA) is 59.8 Å². The first-order valence-corrected chi connectivity index (χ1v) is 9.23. The molecule has 30 heavy (non-hydrogen) atoms. The molecule has 0 radical (unpaired) electrons. The Morgan fingerprint density at radius 2 is 1.80 bits per heavy atom. The number of para-hydroxylation sites is 2. The number of amides is 1. The predicted octanol–water partition coefficient (Wildman–Crippen LogP) is 5.41. The fourth-order valence-corrected chi connectivity index (χ4v) is 3.25. The Bertz CT molecular complexity index is 1220. The summed E-state index contributed by atoms with van der Waals surface area (Å²) in [7, 11) is 0. The molecule has 1 amide bonds. The van der Waals surface area contributed by atoms with Crippen LogP contribution in [0.15, 0.2) is 67.0 Å². The van der Waals surface area contributed by atoms with E-state index in [1.54, 1.807) is 29.1 Å². The first-order valence-electron chi connectivity index (χ1n) is 8.85. The van der Waals surface area contributed by atoms with Gasteiger partial charge in [-0.1, -0.05) is 23.7 Å². The minimum atomic E-state index is -4.54. The Morgan fingerprint density at radius 3 is 2.53 bits per heavy atom. The molecule has 0 spiro atoms. The molecule has 0 unspecified atom stereocenters. The van der Waals surface area contributed by atoms with Crippen molar-refractivity contribution in [3.8, 4) is 11.4 Å². The summed E-state index contributed by atoms with van der Waals surface area (Å²) in [5, 5.41) is 2.49. The summed E-state index contributed by atoms with van der Waals surface area (Å²) in [5.74, 6) is 0.0126. The lowest BCUT2D eigenvalue weighted by molar-refractivity contribution is -0.137. The number of aromatic nitrogens is 3. The molecule has 0 saturated heterocycles. The van der Waals surface area contributed by atoms with Gasteiger partial charge in [-0.3, -0.25) is 9.78 Å². The van der Waals surface area contributed by atoms with Gasteiger partial charge >= 0.3 is 6.18 Å². The molecule has 0 bridgehead atoms. The molecule has 0 aliphatic heterocycles. The molecule has 0 aliphatic rings. The number of carbonyl (C=O) groups is 1. The van der Waals surface area contributed by atoms with E-state index in [0.717, 1.165) is 29.3 Å². The smallest absolute Gasteiger partial charge is 0.323 e. The molecule has 0 atom stereocenters. The van der Waals surface area contributed by atoms with Crippen molar-refractivity contribution in [1.82, 2.24) is 14.5 Å². The number of fused-ring (bicyclic) bond motifs is 1. The van der Waals surface area contributed by atoms with Crippen molar-refractivity contribution < 1.29 is 18.0 Å². The van der Waals surface area contributed by atoms with Crippen molar-refractivity contribution in [3.63, 3.8) is 0 Å². The van der Waals surface area contributed by atoms with Gasteiger partial charge < -0.3 is 9.88 Å². The van der Waals surface area contributed by atoms with Gasteiger partial charge in [-0.05, 0) is 42.5 Å². The summed E-state index contributed by atoms with van der Waals surface area (Å²) in [6.45, 7) is -0.162. The number of nitrogens with zero attached hydrogens (tertiary/aromatic N) is 3. The van der Waals surface area contributed by atoms with E-state index in [0.29, 0.717) is 11.3 Å². The maximum Gasteiger partial charge on any atom is 0.416 e. The fourth-order valence-electron chi connectivity index (χ4n) is 3.09. The zero-order chi connectivity index (χ0) is 21.3. The van der Waals surface area contributed by atoms with Crippen LogP contribution in [0.4, 0.5) is 18.9 Å². The maximum absolute atomic E-state index is 13.0. The molecule has 5 nitrogen and oxygen atoms in total. The van der Waals surface area contributed by atoms with Crippen LogP contribution in [0.25, 0.3) is 22.4 Å². The monoisotopic (exact) mass is 430 g/mol.